The Morgan fingerprint density at radius 1 is 1.02 bits per heavy atom. The van der Waals surface area contributed by atoms with Crippen molar-refractivity contribution < 1.29 is 23.9 Å². The highest BCUT2D eigenvalue weighted by molar-refractivity contribution is 6.00. The van der Waals surface area contributed by atoms with E-state index in [1.807, 2.05) is 24.3 Å². The van der Waals surface area contributed by atoms with E-state index >= 15 is 0 Å². The van der Waals surface area contributed by atoms with Gasteiger partial charge in [0.25, 0.3) is 0 Å². The number of fused-ring (bicyclic) bond motifs is 1. The number of rotatable bonds is 10. The van der Waals surface area contributed by atoms with Crippen LogP contribution in [0.3, 0.4) is 0 Å². The smallest absolute Gasteiger partial charge is 0.246 e. The van der Waals surface area contributed by atoms with Gasteiger partial charge in [0.2, 0.25) is 11.8 Å². The third-order valence-electron chi connectivity index (χ3n) is 7.77. The maximum Gasteiger partial charge on any atom is 0.246 e. The number of nitrogens with zero attached hydrogens (tertiary/aromatic N) is 3. The monoisotopic (exact) mass is 577 g/mol. The van der Waals surface area contributed by atoms with Gasteiger partial charge in [-0.3, -0.25) is 24.8 Å². The minimum atomic E-state index is -0.440. The molecule has 0 saturated carbocycles. The van der Waals surface area contributed by atoms with Crippen LogP contribution < -0.4 is 20.4 Å². The number of hydrazine groups is 1. The largest absolute Gasteiger partial charge is 0.494 e. The summed E-state index contributed by atoms with van der Waals surface area (Å²) in [4.78, 5) is 29.4. The molecule has 2 N–H and O–H groups in total. The Hall–Kier alpha value is -3.28. The Balaban J connectivity index is 0.000000639. The number of carbonyl (C=O) groups is 2. The van der Waals surface area contributed by atoms with Crippen LogP contribution >= 0.6 is 0 Å². The first kappa shape index (κ1) is 30.2. The molecular formula is C32H43N5O5. The second-order valence-electron chi connectivity index (χ2n) is 11.1. The Morgan fingerprint density at radius 2 is 1.86 bits per heavy atom. The molecule has 1 atom stereocenters. The van der Waals surface area contributed by atoms with Crippen molar-refractivity contribution in [1.29, 1.82) is 0 Å². The Kier molecular flexibility index (Phi) is 11.0. The summed E-state index contributed by atoms with van der Waals surface area (Å²) in [5.74, 6) is 0.324. The molecule has 4 aliphatic heterocycles. The van der Waals surface area contributed by atoms with E-state index in [4.69, 9.17) is 14.3 Å². The lowest BCUT2D eigenvalue weighted by Crippen LogP contribution is -2.52. The van der Waals surface area contributed by atoms with Crippen molar-refractivity contribution in [1.82, 2.24) is 20.7 Å². The number of amides is 2. The van der Waals surface area contributed by atoms with Crippen LogP contribution in [0.5, 0.6) is 5.75 Å². The predicted octanol–water partition coefficient (Wildman–Crippen LogP) is 3.54. The van der Waals surface area contributed by atoms with Gasteiger partial charge in [0.1, 0.15) is 11.8 Å². The van der Waals surface area contributed by atoms with Crippen LogP contribution in [0.2, 0.25) is 0 Å². The normalized spacial score (nSPS) is 20.9. The molecule has 2 aromatic rings. The molecule has 226 valence electrons. The van der Waals surface area contributed by atoms with E-state index in [0.29, 0.717) is 32.6 Å². The molecule has 2 saturated heterocycles. The van der Waals surface area contributed by atoms with Crippen molar-refractivity contribution in [2.45, 2.75) is 57.7 Å². The van der Waals surface area contributed by atoms with Gasteiger partial charge in [0, 0.05) is 46.0 Å². The molecule has 4 aliphatic rings. The number of hydrogen-bond acceptors (Lipinski definition) is 9. The molecular weight excluding hydrogens is 534 g/mol. The minimum Gasteiger partial charge on any atom is -0.494 e. The summed E-state index contributed by atoms with van der Waals surface area (Å²) in [5, 5.41) is 12.1. The highest BCUT2D eigenvalue weighted by Gasteiger charge is 2.34. The van der Waals surface area contributed by atoms with Gasteiger partial charge >= 0.3 is 0 Å². The predicted molar refractivity (Wildman–Crippen MR) is 160 cm³/mol. The fraction of sp³-hybridized carbons (Fsp3) is 0.500. The first-order chi connectivity index (χ1) is 20.6. The second-order valence-corrected chi connectivity index (χ2v) is 11.1. The molecule has 6 rings (SSSR count). The van der Waals surface area contributed by atoms with Crippen LogP contribution in [-0.4, -0.2) is 74.4 Å². The summed E-state index contributed by atoms with van der Waals surface area (Å²) >= 11 is 0. The molecule has 0 aliphatic carbocycles. The van der Waals surface area contributed by atoms with Gasteiger partial charge in [0.05, 0.1) is 25.4 Å². The van der Waals surface area contributed by atoms with Gasteiger partial charge in [-0.15, -0.1) is 0 Å². The number of hydrogen-bond donors (Lipinski definition) is 2. The Morgan fingerprint density at radius 3 is 2.62 bits per heavy atom. The summed E-state index contributed by atoms with van der Waals surface area (Å²) in [6, 6.07) is 16.0. The highest BCUT2D eigenvalue weighted by Crippen LogP contribution is 2.28. The molecule has 2 amide bonds. The number of piperidine rings is 1. The lowest BCUT2D eigenvalue weighted by Gasteiger charge is -2.35. The molecule has 4 heterocycles. The van der Waals surface area contributed by atoms with Crippen molar-refractivity contribution >= 4 is 17.5 Å². The van der Waals surface area contributed by atoms with Crippen molar-refractivity contribution in [2.75, 3.05) is 51.5 Å². The molecule has 0 radical (unpaired) electrons. The maximum absolute atomic E-state index is 12.2. The maximum atomic E-state index is 12.2. The lowest BCUT2D eigenvalue weighted by atomic mass is 10.0. The van der Waals surface area contributed by atoms with Gasteiger partial charge < -0.3 is 14.8 Å². The average molecular weight is 578 g/mol. The number of anilines is 1. The number of ether oxygens (including phenoxy) is 2. The molecule has 10 nitrogen and oxygen atoms in total. The number of unbranched alkanes of at least 4 members (excludes halogenated alkanes) is 1. The Labute approximate surface area is 248 Å². The standard InChI is InChI=1S/C28H35N5O4.C4H8O/c1-31-17-21(18-32(31)24-7-3-2-4-8-24)16-29-13-5-6-14-36-25-10-9-22-20-37-33(19-23(22)15-25)26-11-12-27(34)30-28(26)35;1-2-4-5-3-1/h2-4,7-10,15,18,26,29H,5-6,11-14,16-17,19-20H2,1H3,(H,30,34,35);1-4H2. The molecule has 0 aromatic heterocycles. The van der Waals surface area contributed by atoms with Crippen molar-refractivity contribution in [3.05, 3.63) is 71.4 Å². The zero-order valence-electron chi connectivity index (χ0n) is 24.6. The number of nitrogens with one attached hydrogen (secondary N) is 2. The van der Waals surface area contributed by atoms with Gasteiger partial charge in [-0.05, 0) is 79.6 Å². The van der Waals surface area contributed by atoms with Gasteiger partial charge in [0.15, 0.2) is 0 Å². The number of benzene rings is 2. The fourth-order valence-electron chi connectivity index (χ4n) is 5.44. The number of carbonyl (C=O) groups excluding carboxylic acids is 2. The van der Waals surface area contributed by atoms with Crippen LogP contribution in [0.25, 0.3) is 0 Å². The zero-order valence-corrected chi connectivity index (χ0v) is 24.6. The summed E-state index contributed by atoms with van der Waals surface area (Å²) in [7, 11) is 2.11. The summed E-state index contributed by atoms with van der Waals surface area (Å²) < 4.78 is 11.0. The number of hydroxylamine groups is 2. The highest BCUT2D eigenvalue weighted by atomic mass is 16.7. The van der Waals surface area contributed by atoms with E-state index in [1.54, 1.807) is 5.06 Å². The van der Waals surface area contributed by atoms with E-state index in [9.17, 15) is 9.59 Å². The van der Waals surface area contributed by atoms with Gasteiger partial charge in [-0.25, -0.2) is 5.01 Å². The lowest BCUT2D eigenvalue weighted by molar-refractivity contribution is -0.216. The van der Waals surface area contributed by atoms with Crippen molar-refractivity contribution in [3.63, 3.8) is 0 Å². The summed E-state index contributed by atoms with van der Waals surface area (Å²) in [6.45, 7) is 6.31. The summed E-state index contributed by atoms with van der Waals surface area (Å²) in [6.07, 6.45) is 7.58. The molecule has 10 heteroatoms. The molecule has 0 bridgehead atoms. The molecule has 2 aromatic carbocycles. The third-order valence-corrected chi connectivity index (χ3v) is 7.77. The topological polar surface area (TPSA) is 95.6 Å². The first-order valence-corrected chi connectivity index (χ1v) is 15.1. The minimum absolute atomic E-state index is 0.220. The van der Waals surface area contributed by atoms with Gasteiger partial charge in [-0.2, -0.15) is 5.06 Å². The number of para-hydroxylation sites is 1. The summed E-state index contributed by atoms with van der Waals surface area (Å²) in [5.41, 5.74) is 4.73. The average Bonchev–Trinajstić information content (AvgIpc) is 3.71. The van der Waals surface area contributed by atoms with Gasteiger partial charge in [-0.1, -0.05) is 24.3 Å². The second kappa shape index (κ2) is 15.3. The number of likely N-dealkylation sites (N-methyl/N-ethyl adjacent to an activating group) is 1. The van der Waals surface area contributed by atoms with Crippen molar-refractivity contribution in [3.8, 4) is 5.75 Å². The quantitative estimate of drug-likeness (QED) is 0.325. The van der Waals surface area contributed by atoms with E-state index in [1.165, 1.54) is 24.1 Å². The van der Waals surface area contributed by atoms with Crippen LogP contribution in [0.15, 0.2) is 60.3 Å². The molecule has 2 fully saturated rings. The van der Waals surface area contributed by atoms with E-state index in [-0.39, 0.29) is 11.8 Å². The van der Waals surface area contributed by atoms with Crippen LogP contribution in [0.4, 0.5) is 5.69 Å². The molecule has 0 spiro atoms. The number of imide groups is 1. The van der Waals surface area contributed by atoms with E-state index in [2.05, 4.69) is 58.2 Å². The SMILES string of the molecule is C1CCOC1.CN1CC(CNCCCCOc2ccc3c(c2)CN(C2CCC(=O)NC2=O)OC3)=CN1c1ccccc1. The first-order valence-electron chi connectivity index (χ1n) is 15.1. The third kappa shape index (κ3) is 8.39. The fourth-order valence-corrected chi connectivity index (χ4v) is 5.44. The Bertz CT molecular complexity index is 1210. The molecule has 1 unspecified atom stereocenters. The van der Waals surface area contributed by atoms with E-state index < -0.39 is 6.04 Å². The van der Waals surface area contributed by atoms with Crippen LogP contribution in [0, 0.1) is 0 Å². The van der Waals surface area contributed by atoms with Crippen molar-refractivity contribution in [2.24, 2.45) is 0 Å². The van der Waals surface area contributed by atoms with Crippen LogP contribution in [-0.2, 0) is 32.3 Å². The van der Waals surface area contributed by atoms with E-state index in [0.717, 1.165) is 62.6 Å². The molecule has 42 heavy (non-hydrogen) atoms. The zero-order chi connectivity index (χ0) is 29.1. The van der Waals surface area contributed by atoms with Crippen LogP contribution in [0.1, 0.15) is 49.7 Å².